The largest absolute Gasteiger partial charge is 0.398 e. The monoisotopic (exact) mass is 337 g/mol. The van der Waals surface area contributed by atoms with Crippen LogP contribution in [0.1, 0.15) is 24.6 Å². The molecular weight excluding hydrogens is 312 g/mol. The van der Waals surface area contributed by atoms with Crippen LogP contribution >= 0.6 is 11.8 Å². The standard InChI is InChI=1S/C12H11N.C9H13NS/c1-2-9-5-3-6-10-7-4-8-11(13)12(9)10;1-3-7-11-9-6-4-5-8(2)10-9/h2-8H,1,13H2;4-6H,3,7H2,1-2H3/p+1. The second-order valence-corrected chi connectivity index (χ2v) is 6.68. The lowest BCUT2D eigenvalue weighted by Crippen LogP contribution is -2.09. The summed E-state index contributed by atoms with van der Waals surface area (Å²) in [5, 5.41) is 3.53. The first-order valence-electron chi connectivity index (χ1n) is 8.17. The average molecular weight is 338 g/mol. The Morgan fingerprint density at radius 3 is 2.46 bits per heavy atom. The summed E-state index contributed by atoms with van der Waals surface area (Å²) in [6.07, 6.45) is 3.06. The van der Waals surface area contributed by atoms with Gasteiger partial charge < -0.3 is 5.73 Å². The predicted molar refractivity (Wildman–Crippen MR) is 107 cm³/mol. The van der Waals surface area contributed by atoms with E-state index in [1.807, 2.05) is 42.1 Å². The third-order valence-electron chi connectivity index (χ3n) is 3.56. The molecule has 0 aliphatic rings. The number of nitrogens with one attached hydrogen (secondary N) is 1. The highest BCUT2D eigenvalue weighted by Crippen LogP contribution is 2.25. The van der Waals surface area contributed by atoms with E-state index in [0.29, 0.717) is 0 Å². The van der Waals surface area contributed by atoms with Crippen molar-refractivity contribution in [3.63, 3.8) is 0 Å². The molecule has 0 atom stereocenters. The van der Waals surface area contributed by atoms with E-state index in [-0.39, 0.29) is 0 Å². The topological polar surface area (TPSA) is 40.2 Å². The number of H-pyrrole nitrogens is 1. The van der Waals surface area contributed by atoms with E-state index in [1.54, 1.807) is 0 Å². The van der Waals surface area contributed by atoms with Crippen molar-refractivity contribution >= 4 is 34.3 Å². The highest BCUT2D eigenvalue weighted by Gasteiger charge is 2.00. The Kier molecular flexibility index (Phi) is 6.89. The number of thioether (sulfide) groups is 1. The number of nitrogen functional groups attached to an aromatic ring is 1. The lowest BCUT2D eigenvalue weighted by molar-refractivity contribution is -0.435. The maximum atomic E-state index is 5.88. The van der Waals surface area contributed by atoms with Crippen LogP contribution in [0.25, 0.3) is 16.8 Å². The Hall–Kier alpha value is -2.26. The molecule has 0 amide bonds. The number of aryl methyl sites for hydroxylation is 1. The van der Waals surface area contributed by atoms with Crippen LogP contribution in [0.4, 0.5) is 5.69 Å². The van der Waals surface area contributed by atoms with Crippen LogP contribution in [-0.4, -0.2) is 5.75 Å². The van der Waals surface area contributed by atoms with Crippen LogP contribution in [0.15, 0.2) is 66.2 Å². The normalized spacial score (nSPS) is 10.1. The number of hydrogen-bond donors (Lipinski definition) is 1. The lowest BCUT2D eigenvalue weighted by Gasteiger charge is -2.04. The molecule has 2 nitrogen and oxygen atoms in total. The number of aromatic nitrogens is 1. The number of fused-ring (bicyclic) bond motifs is 1. The van der Waals surface area contributed by atoms with Gasteiger partial charge in [0.1, 0.15) is 0 Å². The van der Waals surface area contributed by atoms with Gasteiger partial charge in [0.25, 0.3) is 0 Å². The fraction of sp³-hybridized carbons (Fsp3) is 0.190. The van der Waals surface area contributed by atoms with Crippen molar-refractivity contribution in [3.05, 3.63) is 72.4 Å². The van der Waals surface area contributed by atoms with Crippen LogP contribution in [-0.2, 0) is 0 Å². The molecule has 0 aliphatic carbocycles. The summed E-state index contributed by atoms with van der Waals surface area (Å²) in [5.41, 5.74) is 9.02. The van der Waals surface area contributed by atoms with Crippen LogP contribution < -0.4 is 10.7 Å². The molecule has 0 fully saturated rings. The van der Waals surface area contributed by atoms with Gasteiger partial charge in [-0.05, 0) is 29.5 Å². The lowest BCUT2D eigenvalue weighted by atomic mass is 10.0. The Balaban J connectivity index is 0.000000177. The Bertz CT molecular complexity index is 807. The summed E-state index contributed by atoms with van der Waals surface area (Å²) in [5.74, 6) is 1.19. The van der Waals surface area contributed by atoms with E-state index in [2.05, 4.69) is 55.7 Å². The third kappa shape index (κ3) is 4.87. The van der Waals surface area contributed by atoms with Crippen LogP contribution in [0.3, 0.4) is 0 Å². The number of benzene rings is 2. The minimum Gasteiger partial charge on any atom is -0.398 e. The number of nitrogens with two attached hydrogens (primary N) is 1. The van der Waals surface area contributed by atoms with Crippen molar-refractivity contribution in [1.82, 2.24) is 0 Å². The van der Waals surface area contributed by atoms with Gasteiger partial charge in [-0.1, -0.05) is 61.7 Å². The van der Waals surface area contributed by atoms with Crippen molar-refractivity contribution < 1.29 is 4.98 Å². The number of aromatic amines is 1. The maximum Gasteiger partial charge on any atom is 0.238 e. The van der Waals surface area contributed by atoms with Gasteiger partial charge in [0.15, 0.2) is 5.69 Å². The number of pyridine rings is 1. The Labute approximate surface area is 148 Å². The fourth-order valence-corrected chi connectivity index (χ4v) is 3.26. The summed E-state index contributed by atoms with van der Waals surface area (Å²) in [4.78, 5) is 3.31. The molecule has 1 heterocycles. The molecule has 0 unspecified atom stereocenters. The average Bonchev–Trinajstić information content (AvgIpc) is 2.60. The zero-order valence-corrected chi connectivity index (χ0v) is 15.2. The van der Waals surface area contributed by atoms with E-state index in [1.165, 1.54) is 22.9 Å². The quantitative estimate of drug-likeness (QED) is 0.513. The second kappa shape index (κ2) is 9.14. The minimum absolute atomic E-state index is 0.813. The van der Waals surface area contributed by atoms with Crippen LogP contribution in [0.2, 0.25) is 0 Å². The van der Waals surface area contributed by atoms with E-state index in [9.17, 15) is 0 Å². The summed E-state index contributed by atoms with van der Waals surface area (Å²) < 4.78 is 0. The minimum atomic E-state index is 0.813. The highest BCUT2D eigenvalue weighted by molar-refractivity contribution is 7.99. The first kappa shape index (κ1) is 18.1. The summed E-state index contributed by atoms with van der Waals surface area (Å²) in [6.45, 7) is 8.04. The van der Waals surface area contributed by atoms with Gasteiger partial charge in [-0.15, -0.1) is 0 Å². The Morgan fingerprint density at radius 1 is 1.08 bits per heavy atom. The van der Waals surface area contributed by atoms with Crippen molar-refractivity contribution in [2.45, 2.75) is 25.3 Å². The summed E-state index contributed by atoms with van der Waals surface area (Å²) in [7, 11) is 0. The van der Waals surface area contributed by atoms with Gasteiger partial charge in [-0.3, -0.25) is 0 Å². The molecule has 0 spiro atoms. The molecule has 124 valence electrons. The van der Waals surface area contributed by atoms with Crippen LogP contribution in [0.5, 0.6) is 0 Å². The van der Waals surface area contributed by atoms with Crippen molar-refractivity contribution in [1.29, 1.82) is 0 Å². The number of anilines is 1. The molecule has 3 aromatic rings. The van der Waals surface area contributed by atoms with Crippen LogP contribution in [0, 0.1) is 6.92 Å². The van der Waals surface area contributed by atoms with Gasteiger partial charge >= 0.3 is 0 Å². The SMILES string of the molecule is C=Cc1cccc2cccc(N)c12.CCCSc1cccc(C)[nH+]1. The molecule has 3 rings (SSSR count). The van der Waals surface area contributed by atoms with E-state index >= 15 is 0 Å². The molecule has 3 heteroatoms. The molecule has 3 N–H and O–H groups in total. The van der Waals surface area contributed by atoms with Crippen molar-refractivity contribution in [3.8, 4) is 0 Å². The maximum absolute atomic E-state index is 5.88. The van der Waals surface area contributed by atoms with Crippen molar-refractivity contribution in [2.24, 2.45) is 0 Å². The predicted octanol–water partition coefficient (Wildman–Crippen LogP) is 5.38. The summed E-state index contributed by atoms with van der Waals surface area (Å²) in [6, 6.07) is 18.3. The van der Waals surface area contributed by atoms with E-state index < -0.39 is 0 Å². The zero-order chi connectivity index (χ0) is 17.4. The molecule has 0 bridgehead atoms. The molecule has 0 saturated carbocycles. The van der Waals surface area contributed by atoms with Gasteiger partial charge in [0.2, 0.25) is 5.03 Å². The molecule has 2 aromatic carbocycles. The van der Waals surface area contributed by atoms with Gasteiger partial charge in [-0.2, -0.15) is 0 Å². The van der Waals surface area contributed by atoms with Crippen molar-refractivity contribution in [2.75, 3.05) is 11.5 Å². The van der Waals surface area contributed by atoms with Gasteiger partial charge in [0, 0.05) is 35.9 Å². The molecule has 24 heavy (non-hydrogen) atoms. The molecule has 0 aliphatic heterocycles. The van der Waals surface area contributed by atoms with Gasteiger partial charge in [0.05, 0.1) is 0 Å². The first-order chi connectivity index (χ1) is 11.7. The van der Waals surface area contributed by atoms with E-state index in [4.69, 9.17) is 5.73 Å². The Morgan fingerprint density at radius 2 is 1.79 bits per heavy atom. The summed E-state index contributed by atoms with van der Waals surface area (Å²) >= 11 is 1.88. The highest BCUT2D eigenvalue weighted by atomic mass is 32.2. The van der Waals surface area contributed by atoms with Gasteiger partial charge in [-0.25, -0.2) is 4.98 Å². The smallest absolute Gasteiger partial charge is 0.238 e. The number of hydrogen-bond acceptors (Lipinski definition) is 2. The molecule has 0 saturated heterocycles. The zero-order valence-electron chi connectivity index (χ0n) is 14.4. The second-order valence-electron chi connectivity index (χ2n) is 5.54. The van der Waals surface area contributed by atoms with E-state index in [0.717, 1.165) is 22.0 Å². The molecule has 1 aromatic heterocycles. The number of rotatable bonds is 4. The third-order valence-corrected chi connectivity index (χ3v) is 4.73. The molecular formula is C21H25N2S+. The fourth-order valence-electron chi connectivity index (χ4n) is 2.42. The molecule has 0 radical (unpaired) electrons. The first-order valence-corrected chi connectivity index (χ1v) is 9.15.